The van der Waals surface area contributed by atoms with Gasteiger partial charge < -0.3 is 9.15 Å². The summed E-state index contributed by atoms with van der Waals surface area (Å²) < 4.78 is 11.7. The van der Waals surface area contributed by atoms with Crippen molar-refractivity contribution in [3.05, 3.63) is 46.4 Å². The molecule has 0 spiro atoms. The Kier molecular flexibility index (Phi) is 3.17. The van der Waals surface area contributed by atoms with Crippen molar-refractivity contribution < 1.29 is 9.15 Å². The van der Waals surface area contributed by atoms with E-state index in [2.05, 4.69) is 27.0 Å². The predicted molar refractivity (Wildman–Crippen MR) is 78.4 cm³/mol. The van der Waals surface area contributed by atoms with Crippen LogP contribution in [0.1, 0.15) is 5.56 Å². The second-order valence-electron chi connectivity index (χ2n) is 4.16. The fourth-order valence-electron chi connectivity index (χ4n) is 1.92. The van der Waals surface area contributed by atoms with E-state index in [1.54, 1.807) is 25.3 Å². The van der Waals surface area contributed by atoms with Crippen LogP contribution in [0.5, 0.6) is 5.75 Å². The summed E-state index contributed by atoms with van der Waals surface area (Å²) in [7, 11) is 1.61. The van der Waals surface area contributed by atoms with E-state index in [4.69, 9.17) is 14.4 Å². The molecule has 0 fully saturated rings. The third-order valence-corrected chi connectivity index (χ3v) is 3.54. The lowest BCUT2D eigenvalue weighted by atomic mass is 10.2. The molecule has 0 N–H and O–H groups in total. The number of methoxy groups -OCH3 is 1. The summed E-state index contributed by atoms with van der Waals surface area (Å²) in [5, 5.41) is 8.89. The van der Waals surface area contributed by atoms with Gasteiger partial charge in [0.25, 0.3) is 0 Å². The molecule has 0 radical (unpaired) electrons. The van der Waals surface area contributed by atoms with Gasteiger partial charge in [-0.25, -0.2) is 4.98 Å². The highest BCUT2D eigenvalue weighted by Gasteiger charge is 2.10. The summed E-state index contributed by atoms with van der Waals surface area (Å²) in [5.74, 6) is 1.26. The number of nitrogens with zero attached hydrogens (tertiary/aromatic N) is 2. The average molecular weight is 329 g/mol. The molecule has 0 amide bonds. The summed E-state index contributed by atoms with van der Waals surface area (Å²) in [5.41, 5.74) is 2.73. The second kappa shape index (κ2) is 4.99. The molecular formula is C15H9BrN2O2. The van der Waals surface area contributed by atoms with Gasteiger partial charge in [0.15, 0.2) is 5.58 Å². The maximum Gasteiger partial charge on any atom is 0.227 e. The third-order valence-electron chi connectivity index (χ3n) is 2.92. The molecule has 0 aliphatic rings. The molecular weight excluding hydrogens is 320 g/mol. The largest absolute Gasteiger partial charge is 0.496 e. The molecule has 4 nitrogen and oxygen atoms in total. The maximum atomic E-state index is 8.89. The van der Waals surface area contributed by atoms with Crippen molar-refractivity contribution in [1.29, 1.82) is 5.26 Å². The van der Waals surface area contributed by atoms with Crippen LogP contribution in [0.15, 0.2) is 45.3 Å². The van der Waals surface area contributed by atoms with Gasteiger partial charge in [0, 0.05) is 5.56 Å². The molecule has 20 heavy (non-hydrogen) atoms. The van der Waals surface area contributed by atoms with Crippen molar-refractivity contribution in [3.8, 4) is 23.3 Å². The van der Waals surface area contributed by atoms with E-state index in [1.165, 1.54) is 0 Å². The number of nitriles is 1. The summed E-state index contributed by atoms with van der Waals surface area (Å²) in [4.78, 5) is 4.41. The van der Waals surface area contributed by atoms with E-state index in [0.717, 1.165) is 15.8 Å². The molecule has 1 aromatic heterocycles. The number of hydrogen-bond acceptors (Lipinski definition) is 4. The molecule has 2 aromatic carbocycles. The molecule has 0 atom stereocenters. The molecule has 0 saturated heterocycles. The monoisotopic (exact) mass is 328 g/mol. The number of ether oxygens (including phenoxy) is 1. The van der Waals surface area contributed by atoms with Crippen LogP contribution in [0.4, 0.5) is 0 Å². The van der Waals surface area contributed by atoms with Gasteiger partial charge in [0.1, 0.15) is 11.3 Å². The molecule has 0 bridgehead atoms. The normalized spacial score (nSPS) is 10.4. The molecule has 0 saturated carbocycles. The Morgan fingerprint density at radius 3 is 2.80 bits per heavy atom. The molecule has 1 heterocycles. The molecule has 98 valence electrons. The first-order chi connectivity index (χ1) is 9.71. The van der Waals surface area contributed by atoms with E-state index < -0.39 is 0 Å². The van der Waals surface area contributed by atoms with Gasteiger partial charge in [-0.3, -0.25) is 0 Å². The van der Waals surface area contributed by atoms with Gasteiger partial charge in [-0.2, -0.15) is 5.26 Å². The lowest BCUT2D eigenvalue weighted by molar-refractivity contribution is 0.412. The van der Waals surface area contributed by atoms with Crippen LogP contribution in [0.2, 0.25) is 0 Å². The number of fused-ring (bicyclic) bond motifs is 1. The van der Waals surface area contributed by atoms with Crippen LogP contribution in [0.25, 0.3) is 22.6 Å². The van der Waals surface area contributed by atoms with Crippen LogP contribution in [-0.2, 0) is 0 Å². The van der Waals surface area contributed by atoms with Crippen molar-refractivity contribution in [2.24, 2.45) is 0 Å². The highest BCUT2D eigenvalue weighted by molar-refractivity contribution is 9.10. The topological polar surface area (TPSA) is 59.0 Å². The zero-order valence-electron chi connectivity index (χ0n) is 10.6. The van der Waals surface area contributed by atoms with Crippen LogP contribution in [-0.4, -0.2) is 12.1 Å². The predicted octanol–water partition coefficient (Wildman–Crippen LogP) is 4.14. The van der Waals surface area contributed by atoms with Crippen molar-refractivity contribution in [1.82, 2.24) is 4.98 Å². The molecule has 3 aromatic rings. The van der Waals surface area contributed by atoms with Gasteiger partial charge >= 0.3 is 0 Å². The van der Waals surface area contributed by atoms with E-state index in [-0.39, 0.29) is 0 Å². The van der Waals surface area contributed by atoms with Crippen LogP contribution >= 0.6 is 15.9 Å². The van der Waals surface area contributed by atoms with E-state index >= 15 is 0 Å². The number of benzene rings is 2. The van der Waals surface area contributed by atoms with Crippen molar-refractivity contribution in [3.63, 3.8) is 0 Å². The standard InChI is InChI=1S/C15H9BrN2O2/c1-19-13-5-3-10(7-11(13)16)15-18-12-6-9(8-17)2-4-14(12)20-15/h2-7H,1H3. The van der Waals surface area contributed by atoms with E-state index in [1.807, 2.05) is 18.2 Å². The fraction of sp³-hybridized carbons (Fsp3) is 0.0667. The number of halogens is 1. The zero-order chi connectivity index (χ0) is 14.1. The Balaban J connectivity index is 2.10. The highest BCUT2D eigenvalue weighted by atomic mass is 79.9. The first kappa shape index (κ1) is 12.7. The molecule has 0 aliphatic heterocycles. The van der Waals surface area contributed by atoms with Gasteiger partial charge in [-0.15, -0.1) is 0 Å². The Hall–Kier alpha value is -2.32. The number of hydrogen-bond donors (Lipinski definition) is 0. The van der Waals surface area contributed by atoms with Gasteiger partial charge in [-0.05, 0) is 52.3 Å². The quantitative estimate of drug-likeness (QED) is 0.709. The van der Waals surface area contributed by atoms with Gasteiger partial charge in [0.05, 0.1) is 23.2 Å². The lowest BCUT2D eigenvalue weighted by Gasteiger charge is -2.03. The van der Waals surface area contributed by atoms with Gasteiger partial charge in [0.2, 0.25) is 5.89 Å². The summed E-state index contributed by atoms with van der Waals surface area (Å²) in [6.45, 7) is 0. The average Bonchev–Trinajstić information content (AvgIpc) is 2.89. The molecule has 0 unspecified atom stereocenters. The minimum atomic E-state index is 0.512. The number of rotatable bonds is 2. The minimum Gasteiger partial charge on any atom is -0.496 e. The first-order valence-electron chi connectivity index (χ1n) is 5.86. The van der Waals surface area contributed by atoms with E-state index in [9.17, 15) is 0 Å². The second-order valence-corrected chi connectivity index (χ2v) is 5.02. The number of oxazole rings is 1. The van der Waals surface area contributed by atoms with Crippen LogP contribution in [0, 0.1) is 11.3 Å². The summed E-state index contributed by atoms with van der Waals surface area (Å²) >= 11 is 3.43. The maximum absolute atomic E-state index is 8.89. The van der Waals surface area contributed by atoms with Crippen LogP contribution < -0.4 is 4.74 Å². The van der Waals surface area contributed by atoms with Crippen molar-refractivity contribution in [2.45, 2.75) is 0 Å². The molecule has 0 aliphatic carbocycles. The van der Waals surface area contributed by atoms with Crippen molar-refractivity contribution >= 4 is 27.0 Å². The van der Waals surface area contributed by atoms with Crippen molar-refractivity contribution in [2.75, 3.05) is 7.11 Å². The molecule has 3 rings (SSSR count). The summed E-state index contributed by atoms with van der Waals surface area (Å²) in [6, 6.07) is 12.9. The third kappa shape index (κ3) is 2.15. The molecule has 5 heteroatoms. The Bertz CT molecular complexity index is 833. The Labute approximate surface area is 123 Å². The lowest BCUT2D eigenvalue weighted by Crippen LogP contribution is -1.85. The Morgan fingerprint density at radius 1 is 1.25 bits per heavy atom. The highest BCUT2D eigenvalue weighted by Crippen LogP contribution is 2.31. The summed E-state index contributed by atoms with van der Waals surface area (Å²) in [6.07, 6.45) is 0. The Morgan fingerprint density at radius 2 is 2.10 bits per heavy atom. The fourth-order valence-corrected chi connectivity index (χ4v) is 2.46. The minimum absolute atomic E-state index is 0.512. The van der Waals surface area contributed by atoms with Crippen LogP contribution in [0.3, 0.4) is 0 Å². The zero-order valence-corrected chi connectivity index (χ0v) is 12.1. The number of aromatic nitrogens is 1. The van der Waals surface area contributed by atoms with E-state index in [0.29, 0.717) is 22.6 Å². The van der Waals surface area contributed by atoms with Gasteiger partial charge in [-0.1, -0.05) is 0 Å². The first-order valence-corrected chi connectivity index (χ1v) is 6.65. The smallest absolute Gasteiger partial charge is 0.227 e. The SMILES string of the molecule is COc1ccc(-c2nc3cc(C#N)ccc3o2)cc1Br.